The Morgan fingerprint density at radius 1 is 1.58 bits per heavy atom. The van der Waals surface area contributed by atoms with Crippen LogP contribution in [0.1, 0.15) is 25.8 Å². The van der Waals surface area contributed by atoms with Crippen molar-refractivity contribution in [1.29, 1.82) is 5.26 Å². The van der Waals surface area contributed by atoms with Gasteiger partial charge in [0.2, 0.25) is 5.91 Å². The van der Waals surface area contributed by atoms with Crippen molar-refractivity contribution < 1.29 is 4.79 Å². The van der Waals surface area contributed by atoms with Gasteiger partial charge in [-0.3, -0.25) is 9.69 Å². The van der Waals surface area contributed by atoms with Crippen LogP contribution >= 0.6 is 0 Å². The molecule has 2 unspecified atom stereocenters. The number of rotatable bonds is 3. The molecule has 100 valence electrons. The van der Waals surface area contributed by atoms with Crippen LogP contribution in [-0.4, -0.2) is 29.9 Å². The fourth-order valence-electron chi connectivity index (χ4n) is 2.40. The van der Waals surface area contributed by atoms with E-state index in [4.69, 9.17) is 5.26 Å². The first kappa shape index (κ1) is 13.6. The lowest BCUT2D eigenvalue weighted by Crippen LogP contribution is -2.40. The number of nitrogens with one attached hydrogen (secondary N) is 1. The fourth-order valence-corrected chi connectivity index (χ4v) is 2.40. The van der Waals surface area contributed by atoms with Crippen molar-refractivity contribution in [2.75, 3.05) is 18.4 Å². The highest BCUT2D eigenvalue weighted by Crippen LogP contribution is 2.19. The number of nitrogens with zero attached hydrogens (tertiary/aromatic N) is 2. The fraction of sp³-hybridized carbons (Fsp3) is 0.467. The maximum Gasteiger partial charge on any atom is 0.241 e. The molecule has 0 aliphatic carbocycles. The van der Waals surface area contributed by atoms with Gasteiger partial charge in [0.25, 0.3) is 0 Å². The molecule has 1 amide bonds. The van der Waals surface area contributed by atoms with Crippen molar-refractivity contribution in [2.24, 2.45) is 5.92 Å². The third-order valence-corrected chi connectivity index (χ3v) is 3.64. The summed E-state index contributed by atoms with van der Waals surface area (Å²) in [7, 11) is 0. The van der Waals surface area contributed by atoms with Gasteiger partial charge in [-0.15, -0.1) is 0 Å². The SMILES string of the molecule is CC1CCN(C(C)C(=O)Nc2cccc(C#N)c2)C1. The Labute approximate surface area is 114 Å². The van der Waals surface area contributed by atoms with E-state index in [0.717, 1.165) is 19.5 Å². The first-order chi connectivity index (χ1) is 9.10. The van der Waals surface area contributed by atoms with Crippen LogP contribution in [-0.2, 0) is 4.79 Å². The zero-order valence-corrected chi connectivity index (χ0v) is 11.4. The first-order valence-corrected chi connectivity index (χ1v) is 6.65. The normalized spacial score (nSPS) is 20.8. The second-order valence-electron chi connectivity index (χ2n) is 5.25. The number of nitriles is 1. The summed E-state index contributed by atoms with van der Waals surface area (Å²) in [6.45, 7) is 6.10. The number of carbonyl (C=O) groups is 1. The highest BCUT2D eigenvalue weighted by atomic mass is 16.2. The molecule has 1 N–H and O–H groups in total. The summed E-state index contributed by atoms with van der Waals surface area (Å²) < 4.78 is 0. The summed E-state index contributed by atoms with van der Waals surface area (Å²) in [5.74, 6) is 0.654. The molecule has 1 aromatic rings. The molecule has 0 saturated carbocycles. The van der Waals surface area contributed by atoms with Gasteiger partial charge in [-0.25, -0.2) is 0 Å². The van der Waals surface area contributed by atoms with E-state index < -0.39 is 0 Å². The van der Waals surface area contributed by atoms with Crippen molar-refractivity contribution in [1.82, 2.24) is 4.90 Å². The van der Waals surface area contributed by atoms with Crippen LogP contribution in [0.5, 0.6) is 0 Å². The summed E-state index contributed by atoms with van der Waals surface area (Å²) in [4.78, 5) is 14.4. The van der Waals surface area contributed by atoms with Gasteiger partial charge in [0.05, 0.1) is 17.7 Å². The lowest BCUT2D eigenvalue weighted by molar-refractivity contribution is -0.120. The second-order valence-corrected chi connectivity index (χ2v) is 5.25. The zero-order valence-electron chi connectivity index (χ0n) is 11.4. The van der Waals surface area contributed by atoms with Crippen molar-refractivity contribution in [3.05, 3.63) is 29.8 Å². The maximum atomic E-state index is 12.2. The average Bonchev–Trinajstić information content (AvgIpc) is 2.84. The summed E-state index contributed by atoms with van der Waals surface area (Å²) in [5, 5.41) is 11.7. The van der Waals surface area contributed by atoms with E-state index in [1.165, 1.54) is 0 Å². The molecule has 1 aromatic carbocycles. The van der Waals surface area contributed by atoms with E-state index in [9.17, 15) is 4.79 Å². The third kappa shape index (κ3) is 3.33. The highest BCUT2D eigenvalue weighted by Gasteiger charge is 2.27. The standard InChI is InChI=1S/C15H19N3O/c1-11-6-7-18(10-11)12(2)15(19)17-14-5-3-4-13(8-14)9-16/h3-5,8,11-12H,6-7,10H2,1-2H3,(H,17,19). The number of hydrogen-bond donors (Lipinski definition) is 1. The molecular weight excluding hydrogens is 238 g/mol. The minimum Gasteiger partial charge on any atom is -0.325 e. The van der Waals surface area contributed by atoms with Gasteiger partial charge in [0, 0.05) is 12.2 Å². The van der Waals surface area contributed by atoms with Crippen LogP contribution in [0.2, 0.25) is 0 Å². The molecule has 1 saturated heterocycles. The van der Waals surface area contributed by atoms with Gasteiger partial charge in [-0.05, 0) is 44.0 Å². The largest absolute Gasteiger partial charge is 0.325 e. The summed E-state index contributed by atoms with van der Waals surface area (Å²) >= 11 is 0. The molecular formula is C15H19N3O. The highest BCUT2D eigenvalue weighted by molar-refractivity contribution is 5.94. The molecule has 1 aliphatic rings. The minimum atomic E-state index is -0.129. The molecule has 19 heavy (non-hydrogen) atoms. The van der Waals surface area contributed by atoms with E-state index >= 15 is 0 Å². The van der Waals surface area contributed by atoms with Gasteiger partial charge in [-0.1, -0.05) is 13.0 Å². The van der Waals surface area contributed by atoms with Crippen LogP contribution in [0.15, 0.2) is 24.3 Å². The molecule has 0 spiro atoms. The van der Waals surface area contributed by atoms with Crippen LogP contribution in [0.25, 0.3) is 0 Å². The Balaban J connectivity index is 1.98. The van der Waals surface area contributed by atoms with Gasteiger partial charge in [0.1, 0.15) is 0 Å². The summed E-state index contributed by atoms with van der Waals surface area (Å²) in [5.41, 5.74) is 1.24. The number of carbonyl (C=O) groups excluding carboxylic acids is 1. The van der Waals surface area contributed by atoms with Crippen molar-refractivity contribution in [2.45, 2.75) is 26.3 Å². The molecule has 0 aromatic heterocycles. The van der Waals surface area contributed by atoms with Gasteiger partial charge in [0.15, 0.2) is 0 Å². The number of anilines is 1. The number of benzene rings is 1. The predicted octanol–water partition coefficient (Wildman–Crippen LogP) is 2.23. The molecule has 0 radical (unpaired) electrons. The third-order valence-electron chi connectivity index (χ3n) is 3.64. The van der Waals surface area contributed by atoms with E-state index in [1.54, 1.807) is 24.3 Å². The number of amides is 1. The molecule has 4 heteroatoms. The van der Waals surface area contributed by atoms with E-state index in [0.29, 0.717) is 17.2 Å². The Morgan fingerprint density at radius 3 is 3.00 bits per heavy atom. The average molecular weight is 257 g/mol. The monoisotopic (exact) mass is 257 g/mol. The minimum absolute atomic E-state index is 0.0100. The Bertz CT molecular complexity index is 506. The Morgan fingerprint density at radius 2 is 2.37 bits per heavy atom. The first-order valence-electron chi connectivity index (χ1n) is 6.65. The number of hydrogen-bond acceptors (Lipinski definition) is 3. The van der Waals surface area contributed by atoms with Gasteiger partial charge >= 0.3 is 0 Å². The van der Waals surface area contributed by atoms with E-state index in [2.05, 4.69) is 23.2 Å². The van der Waals surface area contributed by atoms with E-state index in [1.807, 2.05) is 6.92 Å². The predicted molar refractivity (Wildman–Crippen MR) is 74.6 cm³/mol. The Hall–Kier alpha value is -1.86. The number of likely N-dealkylation sites (tertiary alicyclic amines) is 1. The lowest BCUT2D eigenvalue weighted by atomic mass is 10.2. The molecule has 1 heterocycles. The van der Waals surface area contributed by atoms with Gasteiger partial charge < -0.3 is 5.32 Å². The van der Waals surface area contributed by atoms with Crippen molar-refractivity contribution in [3.8, 4) is 6.07 Å². The Kier molecular flexibility index (Phi) is 4.18. The van der Waals surface area contributed by atoms with Crippen molar-refractivity contribution >= 4 is 11.6 Å². The molecule has 1 aliphatic heterocycles. The second kappa shape index (κ2) is 5.85. The molecule has 2 atom stereocenters. The van der Waals surface area contributed by atoms with Crippen LogP contribution in [0.4, 0.5) is 5.69 Å². The molecule has 4 nitrogen and oxygen atoms in total. The van der Waals surface area contributed by atoms with E-state index in [-0.39, 0.29) is 11.9 Å². The van der Waals surface area contributed by atoms with Crippen LogP contribution in [0.3, 0.4) is 0 Å². The topological polar surface area (TPSA) is 56.1 Å². The molecule has 2 rings (SSSR count). The smallest absolute Gasteiger partial charge is 0.241 e. The summed E-state index contributed by atoms with van der Waals surface area (Å²) in [6, 6.07) is 8.93. The quantitative estimate of drug-likeness (QED) is 0.903. The van der Waals surface area contributed by atoms with Gasteiger partial charge in [-0.2, -0.15) is 5.26 Å². The lowest BCUT2D eigenvalue weighted by Gasteiger charge is -2.23. The zero-order chi connectivity index (χ0) is 13.8. The van der Waals surface area contributed by atoms with Crippen molar-refractivity contribution in [3.63, 3.8) is 0 Å². The maximum absolute atomic E-state index is 12.2. The molecule has 1 fully saturated rings. The van der Waals surface area contributed by atoms with Crippen LogP contribution in [0, 0.1) is 17.2 Å². The van der Waals surface area contributed by atoms with Crippen LogP contribution < -0.4 is 5.32 Å². The molecule has 0 bridgehead atoms. The summed E-state index contributed by atoms with van der Waals surface area (Å²) in [6.07, 6.45) is 1.15.